The van der Waals surface area contributed by atoms with Crippen LogP contribution in [-0.4, -0.2) is 83.7 Å². The lowest BCUT2D eigenvalue weighted by Crippen LogP contribution is -2.51. The van der Waals surface area contributed by atoms with Crippen molar-refractivity contribution in [2.45, 2.75) is 200 Å². The third-order valence-corrected chi connectivity index (χ3v) is 12.7. The van der Waals surface area contributed by atoms with Crippen molar-refractivity contribution < 1.29 is 64.8 Å². The van der Waals surface area contributed by atoms with Crippen LogP contribution in [0.4, 0.5) is 0 Å². The van der Waals surface area contributed by atoms with Gasteiger partial charge in [-0.3, -0.25) is 28.3 Å². The number of carboxylic acid groups (broad SMARTS) is 2. The molecular weight excluding hydrogens is 769 g/mol. The van der Waals surface area contributed by atoms with Gasteiger partial charge in [0.05, 0.1) is 25.0 Å². The maximum absolute atomic E-state index is 12.2. The Morgan fingerprint density at radius 1 is 0.554 bits per heavy atom. The van der Waals surface area contributed by atoms with Gasteiger partial charge in [-0.1, -0.05) is 157 Å². The van der Waals surface area contributed by atoms with E-state index in [1.165, 1.54) is 0 Å². The van der Waals surface area contributed by atoms with E-state index in [1.54, 1.807) is 0 Å². The number of aliphatic carboxylic acids is 2. The highest BCUT2D eigenvalue weighted by Gasteiger charge is 2.55. The van der Waals surface area contributed by atoms with Gasteiger partial charge < -0.3 is 19.7 Å². The second kappa shape index (κ2) is 31.7. The van der Waals surface area contributed by atoms with E-state index in [9.17, 15) is 55.3 Å². The summed E-state index contributed by atoms with van der Waals surface area (Å²) < 4.78 is 75.8. The largest absolute Gasteiger partial charge is 0.481 e. The number of unbranched alkanes of at least 4 members (excludes halogenated alkanes) is 12. The van der Waals surface area contributed by atoms with Crippen LogP contribution in [-0.2, 0) is 48.9 Å². The molecule has 4 N–H and O–H groups in total. The molecule has 0 rings (SSSR count). The predicted molar refractivity (Wildman–Crippen MR) is 218 cm³/mol. The van der Waals surface area contributed by atoms with Gasteiger partial charge in [-0.05, 0) is 37.5 Å². The Kier molecular flexibility index (Phi) is 31.5. The first-order valence-electron chi connectivity index (χ1n) is 21.0. The third kappa shape index (κ3) is 24.5. The number of esters is 2. The van der Waals surface area contributed by atoms with Crippen molar-refractivity contribution >= 4 is 44.1 Å². The Bertz CT molecular complexity index is 1280. The predicted octanol–water partition coefficient (Wildman–Crippen LogP) is 9.05. The maximum atomic E-state index is 12.2. The average molecular weight is 845 g/mol. The third-order valence-electron chi connectivity index (χ3n) is 10.4. The number of rotatable bonds is 34. The van der Waals surface area contributed by atoms with Gasteiger partial charge in [-0.25, -0.2) is 0 Å². The lowest BCUT2D eigenvalue weighted by atomic mass is 9.74. The second-order valence-corrected chi connectivity index (χ2v) is 18.2. The molecule has 332 valence electrons. The van der Waals surface area contributed by atoms with E-state index in [2.05, 4.69) is 27.7 Å². The Morgan fingerprint density at radius 3 is 1.29 bits per heavy atom. The molecular formula is C40H76O14S2. The van der Waals surface area contributed by atoms with E-state index in [0.717, 1.165) is 103 Å². The molecule has 0 aliphatic rings. The fourth-order valence-corrected chi connectivity index (χ4v) is 8.44. The minimum Gasteiger partial charge on any atom is -0.481 e. The molecule has 0 saturated carbocycles. The summed E-state index contributed by atoms with van der Waals surface area (Å²) in [5.41, 5.74) is -2.01. The van der Waals surface area contributed by atoms with Crippen LogP contribution in [0.5, 0.6) is 0 Å². The van der Waals surface area contributed by atoms with E-state index >= 15 is 0 Å². The smallest absolute Gasteiger partial charge is 0.327 e. The molecule has 0 radical (unpaired) electrons. The van der Waals surface area contributed by atoms with Gasteiger partial charge in [0, 0.05) is 0 Å². The van der Waals surface area contributed by atoms with Crippen LogP contribution in [0.2, 0.25) is 0 Å². The van der Waals surface area contributed by atoms with E-state index in [4.69, 9.17) is 9.47 Å². The van der Waals surface area contributed by atoms with E-state index in [1.807, 2.05) is 13.8 Å². The molecule has 0 amide bonds. The summed E-state index contributed by atoms with van der Waals surface area (Å²) in [6, 6.07) is 0. The summed E-state index contributed by atoms with van der Waals surface area (Å²) in [7, 11) is -9.81. The van der Waals surface area contributed by atoms with E-state index in [-0.39, 0.29) is 37.9 Å². The Hall–Kier alpha value is -2.30. The van der Waals surface area contributed by atoms with Crippen molar-refractivity contribution in [1.29, 1.82) is 0 Å². The Labute approximate surface area is 338 Å². The zero-order valence-electron chi connectivity index (χ0n) is 35.2. The van der Waals surface area contributed by atoms with Crippen LogP contribution < -0.4 is 0 Å². The Morgan fingerprint density at radius 2 is 0.946 bits per heavy atom. The summed E-state index contributed by atoms with van der Waals surface area (Å²) in [6.45, 7) is 12.5. The zero-order chi connectivity index (χ0) is 43.2. The molecule has 0 aliphatic carbocycles. The summed E-state index contributed by atoms with van der Waals surface area (Å²) in [6.07, 6.45) is 17.0. The monoisotopic (exact) mass is 844 g/mol. The highest BCUT2D eigenvalue weighted by molar-refractivity contribution is 7.87. The second-order valence-electron chi connectivity index (χ2n) is 15.1. The van der Waals surface area contributed by atoms with E-state index in [0.29, 0.717) is 25.7 Å². The SMILES string of the molecule is CCCCC(CC)COC(=O)CC(C(=O)OCC(CC)CCCC)S(=O)(=O)O.CCCCCCCCC(CCCCCCCC)(C(=O)O)C(C(=O)O)S(=O)(=O)O. The van der Waals surface area contributed by atoms with Crippen molar-refractivity contribution in [2.24, 2.45) is 17.3 Å². The minimum atomic E-state index is -5.05. The highest BCUT2D eigenvalue weighted by atomic mass is 32.2. The van der Waals surface area contributed by atoms with Crippen LogP contribution >= 0.6 is 0 Å². The molecule has 0 spiro atoms. The maximum Gasteiger partial charge on any atom is 0.327 e. The molecule has 16 heteroatoms. The van der Waals surface area contributed by atoms with Gasteiger partial charge in [0.1, 0.15) is 0 Å². The number of ether oxygens (including phenoxy) is 2. The quantitative estimate of drug-likeness (QED) is 0.0269. The summed E-state index contributed by atoms with van der Waals surface area (Å²) in [5, 5.41) is 15.0. The van der Waals surface area contributed by atoms with Gasteiger partial charge in [0.15, 0.2) is 10.5 Å². The normalized spacial score (nSPS) is 14.1. The molecule has 0 saturated heterocycles. The van der Waals surface area contributed by atoms with Crippen molar-refractivity contribution in [3.63, 3.8) is 0 Å². The van der Waals surface area contributed by atoms with Gasteiger partial charge in [0.25, 0.3) is 20.2 Å². The van der Waals surface area contributed by atoms with Crippen molar-refractivity contribution in [1.82, 2.24) is 0 Å². The fraction of sp³-hybridized carbons (Fsp3) is 0.900. The molecule has 0 fully saturated rings. The van der Waals surface area contributed by atoms with Gasteiger partial charge in [-0.2, -0.15) is 16.8 Å². The summed E-state index contributed by atoms with van der Waals surface area (Å²) in [4.78, 5) is 48.0. The molecule has 4 unspecified atom stereocenters. The highest BCUT2D eigenvalue weighted by Crippen LogP contribution is 2.39. The first-order chi connectivity index (χ1) is 26.3. The number of hydrogen-bond donors (Lipinski definition) is 4. The first kappa shape index (κ1) is 55.8. The lowest BCUT2D eigenvalue weighted by molar-refractivity contribution is -0.156. The summed E-state index contributed by atoms with van der Waals surface area (Å²) in [5.74, 6) is -4.87. The molecule has 14 nitrogen and oxygen atoms in total. The topological polar surface area (TPSA) is 236 Å². The average Bonchev–Trinajstić information content (AvgIpc) is 3.12. The molecule has 4 atom stereocenters. The van der Waals surface area contributed by atoms with Crippen molar-refractivity contribution in [3.8, 4) is 0 Å². The van der Waals surface area contributed by atoms with Gasteiger partial charge in [-0.15, -0.1) is 0 Å². The van der Waals surface area contributed by atoms with Crippen LogP contribution in [0.15, 0.2) is 0 Å². The zero-order valence-corrected chi connectivity index (χ0v) is 36.8. The van der Waals surface area contributed by atoms with Crippen LogP contribution in [0, 0.1) is 17.3 Å². The van der Waals surface area contributed by atoms with Crippen molar-refractivity contribution in [3.05, 3.63) is 0 Å². The Balaban J connectivity index is 0. The standard InChI is InChI=1S/2C20H38O7S/c1-5-9-11-16(7-3)14-26-19(21)13-18(28(23,24)25)20(22)27-15-17(8-4)12-10-6-2;1-3-5-7-9-11-13-15-20(19(23)24,16-14-12-10-8-6-4-2)17(18(21)22)28(25,26)27/h16-18H,5-15H2,1-4H3,(H,23,24,25);17H,3-16H2,1-2H3,(H,21,22)(H,23,24)(H,25,26,27). The fourth-order valence-electron chi connectivity index (χ4n) is 6.62. The molecule has 0 bridgehead atoms. The van der Waals surface area contributed by atoms with Gasteiger partial charge in [0.2, 0.25) is 0 Å². The first-order valence-corrected chi connectivity index (χ1v) is 24.0. The number of carboxylic acids is 2. The molecule has 0 aromatic heterocycles. The van der Waals surface area contributed by atoms with Crippen LogP contribution in [0.25, 0.3) is 0 Å². The summed E-state index contributed by atoms with van der Waals surface area (Å²) >= 11 is 0. The van der Waals surface area contributed by atoms with Gasteiger partial charge >= 0.3 is 23.9 Å². The lowest BCUT2D eigenvalue weighted by Gasteiger charge is -2.33. The molecule has 0 aromatic rings. The van der Waals surface area contributed by atoms with Crippen LogP contribution in [0.1, 0.15) is 189 Å². The molecule has 0 heterocycles. The molecule has 56 heavy (non-hydrogen) atoms. The van der Waals surface area contributed by atoms with Crippen molar-refractivity contribution in [2.75, 3.05) is 13.2 Å². The molecule has 0 aromatic carbocycles. The van der Waals surface area contributed by atoms with Crippen LogP contribution in [0.3, 0.4) is 0 Å². The minimum absolute atomic E-state index is 0.0693. The number of hydrogen-bond acceptors (Lipinski definition) is 10. The number of carbonyl (C=O) groups is 4. The number of carbonyl (C=O) groups excluding carboxylic acids is 2. The molecule has 0 aliphatic heterocycles. The van der Waals surface area contributed by atoms with E-state index < -0.39 is 66.4 Å².